The summed E-state index contributed by atoms with van der Waals surface area (Å²) < 4.78 is 39.3. The van der Waals surface area contributed by atoms with Gasteiger partial charge in [-0.05, 0) is 17.5 Å². The Morgan fingerprint density at radius 1 is 0.889 bits per heavy atom. The van der Waals surface area contributed by atoms with E-state index in [1.54, 1.807) is 24.3 Å². The molecule has 0 spiro atoms. The number of rotatable bonds is 6. The Morgan fingerprint density at radius 3 is 1.81 bits per heavy atom. The molecule has 0 aliphatic carbocycles. The summed E-state index contributed by atoms with van der Waals surface area (Å²) in [7, 11) is 0. The number of aliphatic hydroxyl groups excluding tert-OH is 1. The molecule has 2 aliphatic rings. The lowest BCUT2D eigenvalue weighted by Crippen LogP contribution is -2.45. The van der Waals surface area contributed by atoms with Gasteiger partial charge in [-0.3, -0.25) is 0 Å². The van der Waals surface area contributed by atoms with Gasteiger partial charge in [-0.1, -0.05) is 48.5 Å². The van der Waals surface area contributed by atoms with Crippen LogP contribution in [0.3, 0.4) is 0 Å². The van der Waals surface area contributed by atoms with E-state index in [2.05, 4.69) is 0 Å². The second kappa shape index (κ2) is 7.64. The molecule has 1 unspecified atom stereocenters. The lowest BCUT2D eigenvalue weighted by atomic mass is 9.95. The molecule has 0 saturated carbocycles. The van der Waals surface area contributed by atoms with Crippen LogP contribution in [0.4, 0.5) is 8.78 Å². The largest absolute Gasteiger partial charge is 0.396 e. The molecule has 2 aliphatic heterocycles. The number of hydrogen-bond donors (Lipinski definition) is 1. The molecule has 2 fully saturated rings. The summed E-state index contributed by atoms with van der Waals surface area (Å²) in [5, 5.41) is 9.63. The molecule has 4 nitrogen and oxygen atoms in total. The molecule has 2 aromatic carbocycles. The number of benzene rings is 2. The van der Waals surface area contributed by atoms with Crippen molar-refractivity contribution in [1.29, 1.82) is 0 Å². The van der Waals surface area contributed by atoms with Gasteiger partial charge in [-0.25, -0.2) is 13.7 Å². The number of halogens is 2. The topological polar surface area (TPSA) is 41.9 Å². The highest BCUT2D eigenvalue weighted by Gasteiger charge is 2.56. The van der Waals surface area contributed by atoms with E-state index < -0.39 is 31.3 Å². The Kier molecular flexibility index (Phi) is 5.23. The molecule has 144 valence electrons. The highest BCUT2D eigenvalue weighted by molar-refractivity contribution is 5.33. The van der Waals surface area contributed by atoms with Crippen LogP contribution in [0.15, 0.2) is 48.5 Å². The molecule has 0 radical (unpaired) electrons. The first kappa shape index (κ1) is 18.5. The predicted molar refractivity (Wildman–Crippen MR) is 96.2 cm³/mol. The van der Waals surface area contributed by atoms with Crippen LogP contribution in [-0.2, 0) is 22.8 Å². The van der Waals surface area contributed by atoms with E-state index in [0.29, 0.717) is 30.8 Å². The minimum absolute atomic E-state index is 0.0157. The molecule has 1 N–H and O–H groups in total. The molecule has 0 bridgehead atoms. The van der Waals surface area contributed by atoms with E-state index in [9.17, 15) is 13.9 Å². The van der Waals surface area contributed by atoms with Gasteiger partial charge in [0.1, 0.15) is 25.8 Å². The third-order valence-electron chi connectivity index (χ3n) is 5.58. The van der Waals surface area contributed by atoms with Gasteiger partial charge >= 0.3 is 0 Å². The molecular formula is C21H23F2NO3. The Bertz CT molecular complexity index is 741. The van der Waals surface area contributed by atoms with Crippen molar-refractivity contribution in [3.05, 3.63) is 70.8 Å². The third-order valence-corrected chi connectivity index (χ3v) is 5.58. The van der Waals surface area contributed by atoms with Gasteiger partial charge in [0, 0.05) is 17.7 Å². The average molecular weight is 375 g/mol. The van der Waals surface area contributed by atoms with E-state index in [1.165, 1.54) is 0 Å². The summed E-state index contributed by atoms with van der Waals surface area (Å²) in [5.74, 6) is 0. The van der Waals surface area contributed by atoms with Crippen LogP contribution in [0.5, 0.6) is 0 Å². The van der Waals surface area contributed by atoms with Crippen molar-refractivity contribution in [2.75, 3.05) is 19.8 Å². The normalized spacial score (nSPS) is 27.8. The van der Waals surface area contributed by atoms with Gasteiger partial charge < -0.3 is 14.6 Å². The summed E-state index contributed by atoms with van der Waals surface area (Å²) in [6.45, 7) is -0.467. The van der Waals surface area contributed by atoms with Crippen molar-refractivity contribution in [3.8, 4) is 0 Å². The summed E-state index contributed by atoms with van der Waals surface area (Å²) >= 11 is 0. The van der Waals surface area contributed by atoms with Crippen LogP contribution < -0.4 is 0 Å². The van der Waals surface area contributed by atoms with Gasteiger partial charge in [0.15, 0.2) is 0 Å². The SMILES string of the molecule is OCCC12CO[C@H](c3ccccc3CF)N1[C@H](c1ccccc1CF)OC2. The Hall–Kier alpha value is -1.86. The van der Waals surface area contributed by atoms with E-state index >= 15 is 0 Å². The predicted octanol–water partition coefficient (Wildman–Crippen LogP) is 3.81. The summed E-state index contributed by atoms with van der Waals surface area (Å²) in [5.41, 5.74) is 2.09. The van der Waals surface area contributed by atoms with Crippen molar-refractivity contribution >= 4 is 0 Å². The van der Waals surface area contributed by atoms with Gasteiger partial charge in [-0.15, -0.1) is 0 Å². The van der Waals surface area contributed by atoms with Gasteiger partial charge in [0.2, 0.25) is 0 Å². The van der Waals surface area contributed by atoms with E-state index in [4.69, 9.17) is 9.47 Å². The van der Waals surface area contributed by atoms with Crippen molar-refractivity contribution in [1.82, 2.24) is 4.90 Å². The standard InChI is InChI=1S/C21H23F2NO3/c22-11-15-5-1-3-7-17(15)19-24-20(18-8-4-2-6-16(18)12-23)27-14-21(24,9-10-25)13-26-19/h1-8,19-20,25H,9-14H2/t19-,20+,21?. The number of ether oxygens (including phenoxy) is 2. The molecule has 2 saturated heterocycles. The monoisotopic (exact) mass is 375 g/mol. The van der Waals surface area contributed by atoms with Crippen molar-refractivity contribution in [2.24, 2.45) is 0 Å². The lowest BCUT2D eigenvalue weighted by molar-refractivity contribution is -0.0633. The Balaban J connectivity index is 1.79. The highest BCUT2D eigenvalue weighted by atomic mass is 19.1. The lowest BCUT2D eigenvalue weighted by Gasteiger charge is -2.35. The smallest absolute Gasteiger partial charge is 0.140 e. The van der Waals surface area contributed by atoms with Crippen molar-refractivity contribution in [2.45, 2.75) is 37.8 Å². The molecular weight excluding hydrogens is 352 g/mol. The van der Waals surface area contributed by atoms with E-state index in [1.807, 2.05) is 29.2 Å². The molecule has 0 aromatic heterocycles. The van der Waals surface area contributed by atoms with Crippen molar-refractivity contribution in [3.63, 3.8) is 0 Å². The fourth-order valence-electron chi connectivity index (χ4n) is 4.19. The van der Waals surface area contributed by atoms with Crippen LogP contribution in [0.1, 0.15) is 41.1 Å². The van der Waals surface area contributed by atoms with Crippen LogP contribution in [-0.4, -0.2) is 35.4 Å². The second-order valence-electron chi connectivity index (χ2n) is 7.10. The maximum Gasteiger partial charge on any atom is 0.140 e. The Morgan fingerprint density at radius 2 is 1.37 bits per heavy atom. The number of fused-ring (bicyclic) bond motifs is 1. The molecule has 2 heterocycles. The highest BCUT2D eigenvalue weighted by Crippen LogP contribution is 2.51. The van der Waals surface area contributed by atoms with Crippen LogP contribution in [0, 0.1) is 0 Å². The molecule has 0 amide bonds. The van der Waals surface area contributed by atoms with Crippen LogP contribution in [0.25, 0.3) is 0 Å². The van der Waals surface area contributed by atoms with Gasteiger partial charge in [-0.2, -0.15) is 0 Å². The summed E-state index contributed by atoms with van der Waals surface area (Å²) in [4.78, 5) is 2.05. The number of hydrogen-bond acceptors (Lipinski definition) is 4. The molecule has 2 aromatic rings. The molecule has 6 heteroatoms. The van der Waals surface area contributed by atoms with Gasteiger partial charge in [0.25, 0.3) is 0 Å². The fourth-order valence-corrected chi connectivity index (χ4v) is 4.19. The molecule has 4 rings (SSSR count). The molecule has 27 heavy (non-hydrogen) atoms. The van der Waals surface area contributed by atoms with E-state index in [-0.39, 0.29) is 6.61 Å². The van der Waals surface area contributed by atoms with Gasteiger partial charge in [0.05, 0.1) is 18.8 Å². The number of alkyl halides is 2. The zero-order valence-electron chi connectivity index (χ0n) is 15.0. The third kappa shape index (κ3) is 3.06. The summed E-state index contributed by atoms with van der Waals surface area (Å²) in [6.07, 6.45) is -0.553. The minimum atomic E-state index is -0.594. The Labute approximate surface area is 157 Å². The first-order chi connectivity index (χ1) is 13.2. The van der Waals surface area contributed by atoms with Crippen LogP contribution in [0.2, 0.25) is 0 Å². The zero-order chi connectivity index (χ0) is 18.9. The quantitative estimate of drug-likeness (QED) is 0.834. The first-order valence-corrected chi connectivity index (χ1v) is 9.14. The maximum atomic E-state index is 13.6. The van der Waals surface area contributed by atoms with Crippen molar-refractivity contribution < 1.29 is 23.4 Å². The molecule has 3 atom stereocenters. The van der Waals surface area contributed by atoms with E-state index in [0.717, 1.165) is 11.1 Å². The average Bonchev–Trinajstić information content (AvgIpc) is 3.25. The maximum absolute atomic E-state index is 13.6. The number of nitrogens with zero attached hydrogens (tertiary/aromatic N) is 1. The zero-order valence-corrected chi connectivity index (χ0v) is 15.0. The number of aliphatic hydroxyl groups is 1. The minimum Gasteiger partial charge on any atom is -0.396 e. The summed E-state index contributed by atoms with van der Waals surface area (Å²) in [6, 6.07) is 14.5. The second-order valence-corrected chi connectivity index (χ2v) is 7.10. The fraction of sp³-hybridized carbons (Fsp3) is 0.429. The van der Waals surface area contributed by atoms with Crippen LogP contribution >= 0.6 is 0 Å². The first-order valence-electron chi connectivity index (χ1n) is 9.14.